The monoisotopic (exact) mass is 232 g/mol. The largest absolute Gasteiger partial charge is 0.481 e. The summed E-state index contributed by atoms with van der Waals surface area (Å²) in [4.78, 5) is 18.4. The van der Waals surface area contributed by atoms with Crippen molar-refractivity contribution in [2.45, 2.75) is 6.42 Å². The number of pyridine rings is 2. The van der Waals surface area contributed by atoms with Gasteiger partial charge in [-0.05, 0) is 18.2 Å². The Kier molecular flexibility index (Phi) is 3.09. The van der Waals surface area contributed by atoms with Gasteiger partial charge in [-0.1, -0.05) is 0 Å². The molecule has 0 aliphatic rings. The summed E-state index contributed by atoms with van der Waals surface area (Å²) in [7, 11) is 0. The van der Waals surface area contributed by atoms with E-state index in [0.29, 0.717) is 5.69 Å². The van der Waals surface area contributed by atoms with Gasteiger partial charge in [0.25, 0.3) is 0 Å². The van der Waals surface area contributed by atoms with E-state index in [4.69, 9.17) is 5.11 Å². The van der Waals surface area contributed by atoms with Gasteiger partial charge in [-0.3, -0.25) is 14.8 Å². The molecule has 0 radical (unpaired) electrons. The lowest BCUT2D eigenvalue weighted by Crippen LogP contribution is -2.03. The average Bonchev–Trinajstić information content (AvgIpc) is 2.32. The van der Waals surface area contributed by atoms with Crippen LogP contribution in [0.3, 0.4) is 0 Å². The van der Waals surface area contributed by atoms with Crippen molar-refractivity contribution in [1.82, 2.24) is 9.97 Å². The zero-order valence-electron chi connectivity index (χ0n) is 8.80. The number of carboxylic acids is 1. The number of hydrogen-bond acceptors (Lipinski definition) is 3. The molecule has 0 aliphatic carbocycles. The van der Waals surface area contributed by atoms with E-state index in [9.17, 15) is 9.18 Å². The van der Waals surface area contributed by atoms with E-state index in [1.807, 2.05) is 0 Å². The quantitative estimate of drug-likeness (QED) is 0.877. The van der Waals surface area contributed by atoms with Crippen LogP contribution in [0.5, 0.6) is 0 Å². The van der Waals surface area contributed by atoms with Gasteiger partial charge < -0.3 is 5.11 Å². The van der Waals surface area contributed by atoms with Gasteiger partial charge in [0.2, 0.25) is 0 Å². The predicted molar refractivity (Wildman–Crippen MR) is 58.8 cm³/mol. The molecule has 17 heavy (non-hydrogen) atoms. The normalized spacial score (nSPS) is 10.2. The molecule has 86 valence electrons. The van der Waals surface area contributed by atoms with Crippen molar-refractivity contribution in [3.05, 3.63) is 48.2 Å². The van der Waals surface area contributed by atoms with Crippen molar-refractivity contribution in [2.75, 3.05) is 0 Å². The van der Waals surface area contributed by atoms with Gasteiger partial charge in [0.05, 0.1) is 18.3 Å². The molecule has 0 fully saturated rings. The summed E-state index contributed by atoms with van der Waals surface area (Å²) in [6.45, 7) is 0. The van der Waals surface area contributed by atoms with Crippen molar-refractivity contribution < 1.29 is 14.3 Å². The molecule has 0 amide bonds. The molecule has 0 aliphatic heterocycles. The highest BCUT2D eigenvalue weighted by molar-refractivity contribution is 5.71. The Balaban J connectivity index is 2.41. The second-order valence-electron chi connectivity index (χ2n) is 3.47. The van der Waals surface area contributed by atoms with Crippen LogP contribution in [0.15, 0.2) is 36.8 Å². The fourth-order valence-corrected chi connectivity index (χ4v) is 1.45. The molecule has 2 heterocycles. The Morgan fingerprint density at radius 3 is 2.88 bits per heavy atom. The fourth-order valence-electron chi connectivity index (χ4n) is 1.45. The maximum Gasteiger partial charge on any atom is 0.307 e. The number of hydrogen-bond donors (Lipinski definition) is 1. The van der Waals surface area contributed by atoms with Crippen molar-refractivity contribution in [3.63, 3.8) is 0 Å². The SMILES string of the molecule is O=C(O)Cc1cc(-c2cccnc2)ncc1F. The number of aliphatic carboxylic acids is 1. The minimum absolute atomic E-state index is 0.117. The first-order valence-corrected chi connectivity index (χ1v) is 4.93. The summed E-state index contributed by atoms with van der Waals surface area (Å²) in [6.07, 6.45) is 3.87. The number of halogens is 1. The van der Waals surface area contributed by atoms with Crippen LogP contribution in [0.4, 0.5) is 4.39 Å². The lowest BCUT2D eigenvalue weighted by Gasteiger charge is -2.04. The molecule has 0 spiro atoms. The van der Waals surface area contributed by atoms with E-state index in [-0.39, 0.29) is 12.0 Å². The first kappa shape index (κ1) is 11.2. The van der Waals surface area contributed by atoms with E-state index >= 15 is 0 Å². The van der Waals surface area contributed by atoms with Gasteiger partial charge in [-0.25, -0.2) is 4.39 Å². The van der Waals surface area contributed by atoms with Gasteiger partial charge in [-0.15, -0.1) is 0 Å². The Morgan fingerprint density at radius 1 is 1.41 bits per heavy atom. The molecule has 0 bridgehead atoms. The van der Waals surface area contributed by atoms with E-state index in [1.54, 1.807) is 24.5 Å². The second-order valence-corrected chi connectivity index (χ2v) is 3.47. The Labute approximate surface area is 96.8 Å². The van der Waals surface area contributed by atoms with Gasteiger partial charge in [0, 0.05) is 23.5 Å². The molecule has 0 aromatic carbocycles. The number of carbonyl (C=O) groups is 1. The molecule has 0 unspecified atom stereocenters. The van der Waals surface area contributed by atoms with E-state index in [2.05, 4.69) is 9.97 Å². The summed E-state index contributed by atoms with van der Waals surface area (Å²) in [5, 5.41) is 8.65. The predicted octanol–water partition coefficient (Wildman–Crippen LogP) is 1.91. The molecule has 1 N–H and O–H groups in total. The molecule has 0 atom stereocenters. The average molecular weight is 232 g/mol. The molecule has 2 rings (SSSR count). The van der Waals surface area contributed by atoms with Gasteiger partial charge in [0.15, 0.2) is 0 Å². The lowest BCUT2D eigenvalue weighted by atomic mass is 10.1. The Hall–Kier alpha value is -2.30. The third kappa shape index (κ3) is 2.63. The Bertz CT molecular complexity index is 543. The van der Waals surface area contributed by atoms with Gasteiger partial charge in [0.1, 0.15) is 5.82 Å². The van der Waals surface area contributed by atoms with Gasteiger partial charge >= 0.3 is 5.97 Å². The van der Waals surface area contributed by atoms with Gasteiger partial charge in [-0.2, -0.15) is 0 Å². The van der Waals surface area contributed by atoms with Crippen LogP contribution >= 0.6 is 0 Å². The van der Waals surface area contributed by atoms with Crippen molar-refractivity contribution in [3.8, 4) is 11.3 Å². The maximum atomic E-state index is 13.3. The smallest absolute Gasteiger partial charge is 0.307 e. The van der Waals surface area contributed by atoms with E-state index in [1.165, 1.54) is 6.07 Å². The van der Waals surface area contributed by atoms with E-state index in [0.717, 1.165) is 11.8 Å². The van der Waals surface area contributed by atoms with Crippen molar-refractivity contribution in [2.24, 2.45) is 0 Å². The minimum Gasteiger partial charge on any atom is -0.481 e. The molecule has 5 heteroatoms. The number of aromatic nitrogens is 2. The zero-order valence-corrected chi connectivity index (χ0v) is 8.80. The standard InChI is InChI=1S/C12H9FN2O2/c13-10-7-15-11(4-9(10)5-12(16)17)8-2-1-3-14-6-8/h1-4,6-7H,5H2,(H,16,17). The Morgan fingerprint density at radius 2 is 2.24 bits per heavy atom. The highest BCUT2D eigenvalue weighted by Crippen LogP contribution is 2.18. The third-order valence-electron chi connectivity index (χ3n) is 2.23. The van der Waals surface area contributed by atoms with Crippen LogP contribution in [-0.4, -0.2) is 21.0 Å². The van der Waals surface area contributed by atoms with Crippen LogP contribution in [0.2, 0.25) is 0 Å². The minimum atomic E-state index is -1.08. The highest BCUT2D eigenvalue weighted by atomic mass is 19.1. The summed E-state index contributed by atoms with van der Waals surface area (Å²) in [6, 6.07) is 4.94. The summed E-state index contributed by atoms with van der Waals surface area (Å²) >= 11 is 0. The molecule has 4 nitrogen and oxygen atoms in total. The van der Waals surface area contributed by atoms with Crippen molar-refractivity contribution in [1.29, 1.82) is 0 Å². The summed E-state index contributed by atoms with van der Waals surface area (Å²) < 4.78 is 13.3. The van der Waals surface area contributed by atoms with Crippen LogP contribution in [0.1, 0.15) is 5.56 Å². The zero-order chi connectivity index (χ0) is 12.3. The number of carboxylic acid groups (broad SMARTS) is 1. The second kappa shape index (κ2) is 4.69. The molecular formula is C12H9FN2O2. The third-order valence-corrected chi connectivity index (χ3v) is 2.23. The van der Waals surface area contributed by atoms with Crippen molar-refractivity contribution >= 4 is 5.97 Å². The lowest BCUT2D eigenvalue weighted by molar-refractivity contribution is -0.136. The first-order valence-electron chi connectivity index (χ1n) is 4.93. The molecule has 2 aromatic heterocycles. The molecule has 0 saturated heterocycles. The van der Waals surface area contributed by atoms with E-state index < -0.39 is 11.8 Å². The van der Waals surface area contributed by atoms with Crippen LogP contribution in [0, 0.1) is 5.82 Å². The number of rotatable bonds is 3. The van der Waals surface area contributed by atoms with Crippen LogP contribution in [-0.2, 0) is 11.2 Å². The fraction of sp³-hybridized carbons (Fsp3) is 0.0833. The van der Waals surface area contributed by atoms with Crippen LogP contribution < -0.4 is 0 Å². The molecule has 2 aromatic rings. The summed E-state index contributed by atoms with van der Waals surface area (Å²) in [5.74, 6) is -1.69. The maximum absolute atomic E-state index is 13.3. The summed E-state index contributed by atoms with van der Waals surface area (Å²) in [5.41, 5.74) is 1.35. The highest BCUT2D eigenvalue weighted by Gasteiger charge is 2.09. The molecular weight excluding hydrogens is 223 g/mol. The topological polar surface area (TPSA) is 63.1 Å². The molecule has 0 saturated carbocycles. The first-order chi connectivity index (χ1) is 8.16. The number of nitrogens with zero attached hydrogens (tertiary/aromatic N) is 2. The van der Waals surface area contributed by atoms with Crippen LogP contribution in [0.25, 0.3) is 11.3 Å².